The van der Waals surface area contributed by atoms with Crippen molar-refractivity contribution in [1.29, 1.82) is 0 Å². The largest absolute Gasteiger partial charge is 0.573 e. The summed E-state index contributed by atoms with van der Waals surface area (Å²) in [6.45, 7) is 6.38. The standard InChI is InChI=1S/C29H26F3N5O2S/c1-17-5-4-6-18(2)24(17)25-19(3)15-40-27(25)35-28(38)34-21-9-7-20(8-10-21)26-33-16-37(36-26)22-11-13-23(14-12-22)39-29(30,31)32/h4-14,16,19,25H,15H2,1-3H3,(H,34,38)/b35-27+. The first-order valence-corrected chi connectivity index (χ1v) is 13.5. The molecule has 1 aliphatic heterocycles. The minimum Gasteiger partial charge on any atom is -0.406 e. The molecule has 40 heavy (non-hydrogen) atoms. The van der Waals surface area contributed by atoms with Crippen molar-refractivity contribution in [3.05, 3.63) is 89.7 Å². The van der Waals surface area contributed by atoms with E-state index in [0.717, 1.165) is 10.8 Å². The van der Waals surface area contributed by atoms with Gasteiger partial charge in [0.1, 0.15) is 12.1 Å². The second kappa shape index (κ2) is 11.2. The Hall–Kier alpha value is -4.12. The molecule has 0 aliphatic carbocycles. The van der Waals surface area contributed by atoms with Gasteiger partial charge in [0.05, 0.1) is 10.7 Å². The number of carbonyl (C=O) groups excluding carboxylic acids is 1. The fourth-order valence-electron chi connectivity index (χ4n) is 4.75. The summed E-state index contributed by atoms with van der Waals surface area (Å²) < 4.78 is 42.5. The Morgan fingerprint density at radius 3 is 2.38 bits per heavy atom. The maximum atomic E-state index is 12.8. The molecule has 1 aromatic heterocycles. The number of hydrogen-bond donors (Lipinski definition) is 1. The zero-order valence-electron chi connectivity index (χ0n) is 21.9. The van der Waals surface area contributed by atoms with E-state index in [-0.39, 0.29) is 11.7 Å². The monoisotopic (exact) mass is 565 g/mol. The summed E-state index contributed by atoms with van der Waals surface area (Å²) >= 11 is 1.63. The van der Waals surface area contributed by atoms with Crippen molar-refractivity contribution in [2.24, 2.45) is 10.9 Å². The van der Waals surface area contributed by atoms with Crippen molar-refractivity contribution in [2.45, 2.75) is 33.1 Å². The van der Waals surface area contributed by atoms with Crippen LogP contribution in [0.2, 0.25) is 0 Å². The van der Waals surface area contributed by atoms with Gasteiger partial charge in [-0.05, 0) is 85.0 Å². The highest BCUT2D eigenvalue weighted by Crippen LogP contribution is 2.42. The van der Waals surface area contributed by atoms with Gasteiger partial charge in [0.25, 0.3) is 0 Å². The van der Waals surface area contributed by atoms with Crippen LogP contribution >= 0.6 is 11.8 Å². The number of hydrogen-bond acceptors (Lipinski definition) is 5. The molecular weight excluding hydrogens is 539 g/mol. The van der Waals surface area contributed by atoms with Gasteiger partial charge >= 0.3 is 12.4 Å². The molecule has 0 spiro atoms. The van der Waals surface area contributed by atoms with E-state index in [4.69, 9.17) is 0 Å². The summed E-state index contributed by atoms with van der Waals surface area (Å²) in [7, 11) is 0. The van der Waals surface area contributed by atoms with Gasteiger partial charge < -0.3 is 10.1 Å². The van der Waals surface area contributed by atoms with E-state index in [1.54, 1.807) is 36.0 Å². The molecule has 7 nitrogen and oxygen atoms in total. The summed E-state index contributed by atoms with van der Waals surface area (Å²) in [6.07, 6.45) is -3.29. The lowest BCUT2D eigenvalue weighted by atomic mass is 9.84. The number of anilines is 1. The SMILES string of the molecule is Cc1cccc(C)c1C1/C(=N\C(=O)Nc2ccc(-c3ncn(-c4ccc(OC(F)(F)F)cc4)n3)cc2)SCC1C. The van der Waals surface area contributed by atoms with E-state index in [1.165, 1.54) is 52.0 Å². The third kappa shape index (κ3) is 6.20. The van der Waals surface area contributed by atoms with E-state index in [9.17, 15) is 18.0 Å². The van der Waals surface area contributed by atoms with Gasteiger partial charge in [-0.1, -0.05) is 25.1 Å². The Kier molecular flexibility index (Phi) is 7.66. The molecular formula is C29H26F3N5O2S. The van der Waals surface area contributed by atoms with Gasteiger partial charge in [0, 0.05) is 22.9 Å². The Balaban J connectivity index is 1.26. The lowest BCUT2D eigenvalue weighted by Gasteiger charge is -2.20. The van der Waals surface area contributed by atoms with Crippen LogP contribution in [0.5, 0.6) is 5.75 Å². The van der Waals surface area contributed by atoms with Crippen LogP contribution in [0.3, 0.4) is 0 Å². The zero-order chi connectivity index (χ0) is 28.4. The molecule has 4 aromatic rings. The maximum Gasteiger partial charge on any atom is 0.573 e. The number of aromatic nitrogens is 3. The Morgan fingerprint density at radius 1 is 1.05 bits per heavy atom. The normalized spacial score (nSPS) is 18.2. The van der Waals surface area contributed by atoms with Gasteiger partial charge in [-0.2, -0.15) is 4.99 Å². The summed E-state index contributed by atoms with van der Waals surface area (Å²) in [5.74, 6) is 1.47. The molecule has 1 N–H and O–H groups in total. The molecule has 0 saturated carbocycles. The molecule has 0 bridgehead atoms. The molecule has 5 rings (SSSR count). The van der Waals surface area contributed by atoms with Crippen molar-refractivity contribution >= 4 is 28.5 Å². The van der Waals surface area contributed by atoms with E-state index in [2.05, 4.69) is 58.0 Å². The molecule has 2 amide bonds. The van der Waals surface area contributed by atoms with Crippen molar-refractivity contribution in [2.75, 3.05) is 11.1 Å². The number of amides is 2. The average molecular weight is 566 g/mol. The number of halogens is 3. The topological polar surface area (TPSA) is 81.4 Å². The number of ether oxygens (including phenoxy) is 1. The number of nitrogens with zero attached hydrogens (tertiary/aromatic N) is 4. The van der Waals surface area contributed by atoms with Gasteiger partial charge in [-0.25, -0.2) is 14.5 Å². The Labute approximate surface area is 233 Å². The van der Waals surface area contributed by atoms with E-state index >= 15 is 0 Å². The maximum absolute atomic E-state index is 12.8. The van der Waals surface area contributed by atoms with Crippen LogP contribution in [0.25, 0.3) is 17.1 Å². The minimum atomic E-state index is -4.75. The number of thioether (sulfide) groups is 1. The highest BCUT2D eigenvalue weighted by molar-refractivity contribution is 8.14. The molecule has 1 saturated heterocycles. The number of alkyl halides is 3. The number of urea groups is 1. The molecule has 2 unspecified atom stereocenters. The summed E-state index contributed by atoms with van der Waals surface area (Å²) in [6, 6.07) is 18.2. The molecule has 0 radical (unpaired) electrons. The van der Waals surface area contributed by atoms with Crippen molar-refractivity contribution in [1.82, 2.24) is 14.8 Å². The summed E-state index contributed by atoms with van der Waals surface area (Å²) in [5, 5.41) is 8.07. The van der Waals surface area contributed by atoms with Crippen LogP contribution < -0.4 is 10.1 Å². The van der Waals surface area contributed by atoms with Crippen LogP contribution in [0.4, 0.5) is 23.7 Å². The molecule has 1 fully saturated rings. The van der Waals surface area contributed by atoms with Crippen LogP contribution in [0.1, 0.15) is 29.5 Å². The van der Waals surface area contributed by atoms with Gasteiger partial charge in [0.2, 0.25) is 0 Å². The second-order valence-electron chi connectivity index (χ2n) is 9.58. The summed E-state index contributed by atoms with van der Waals surface area (Å²) in [4.78, 5) is 21.6. The van der Waals surface area contributed by atoms with Gasteiger partial charge in [-0.15, -0.1) is 30.0 Å². The first-order chi connectivity index (χ1) is 19.1. The fraction of sp³-hybridized carbons (Fsp3) is 0.241. The fourth-order valence-corrected chi connectivity index (χ4v) is 6.05. The highest BCUT2D eigenvalue weighted by atomic mass is 32.2. The number of benzene rings is 3. The van der Waals surface area contributed by atoms with E-state index < -0.39 is 12.4 Å². The van der Waals surface area contributed by atoms with Crippen molar-refractivity contribution < 1.29 is 22.7 Å². The van der Waals surface area contributed by atoms with Crippen LogP contribution in [-0.4, -0.2) is 38.0 Å². The number of aryl methyl sites for hydroxylation is 2. The lowest BCUT2D eigenvalue weighted by Crippen LogP contribution is -2.17. The molecule has 1 aliphatic rings. The van der Waals surface area contributed by atoms with E-state index in [1.807, 2.05) is 6.07 Å². The predicted octanol–water partition coefficient (Wildman–Crippen LogP) is 7.55. The third-order valence-corrected chi connectivity index (χ3v) is 7.95. The van der Waals surface area contributed by atoms with Crippen LogP contribution in [-0.2, 0) is 0 Å². The summed E-state index contributed by atoms with van der Waals surface area (Å²) in [5.41, 5.74) is 5.45. The molecule has 3 aromatic carbocycles. The van der Waals surface area contributed by atoms with E-state index in [0.29, 0.717) is 28.7 Å². The number of carbonyl (C=O) groups is 1. The number of rotatable bonds is 5. The molecule has 206 valence electrons. The minimum absolute atomic E-state index is 0.0916. The van der Waals surface area contributed by atoms with Crippen molar-refractivity contribution in [3.63, 3.8) is 0 Å². The first-order valence-electron chi connectivity index (χ1n) is 12.5. The third-order valence-electron chi connectivity index (χ3n) is 6.62. The Morgan fingerprint density at radius 2 is 1.73 bits per heavy atom. The number of nitrogens with one attached hydrogen (secondary N) is 1. The van der Waals surface area contributed by atoms with Gasteiger partial charge in [0.15, 0.2) is 5.82 Å². The average Bonchev–Trinajstić information content (AvgIpc) is 3.52. The number of aliphatic imine (C=N–C) groups is 1. The van der Waals surface area contributed by atoms with Crippen LogP contribution in [0.15, 0.2) is 78.0 Å². The van der Waals surface area contributed by atoms with Crippen LogP contribution in [0, 0.1) is 19.8 Å². The Bertz CT molecular complexity index is 1530. The smallest absolute Gasteiger partial charge is 0.406 e. The zero-order valence-corrected chi connectivity index (χ0v) is 22.8. The first kappa shape index (κ1) is 27.4. The highest BCUT2D eigenvalue weighted by Gasteiger charge is 2.34. The predicted molar refractivity (Wildman–Crippen MR) is 150 cm³/mol. The molecule has 2 atom stereocenters. The molecule has 2 heterocycles. The van der Waals surface area contributed by atoms with Gasteiger partial charge in [-0.3, -0.25) is 0 Å². The second-order valence-corrected chi connectivity index (χ2v) is 10.6. The molecule has 11 heteroatoms. The quantitative estimate of drug-likeness (QED) is 0.270. The lowest BCUT2D eigenvalue weighted by molar-refractivity contribution is -0.274. The van der Waals surface area contributed by atoms with Crippen molar-refractivity contribution in [3.8, 4) is 22.8 Å².